The predicted molar refractivity (Wildman–Crippen MR) is 103 cm³/mol. The van der Waals surface area contributed by atoms with Gasteiger partial charge in [-0.3, -0.25) is 19.6 Å². The van der Waals surface area contributed by atoms with E-state index in [9.17, 15) is 9.59 Å². The number of carbonyl (C=O) groups excluding carboxylic acids is 1. The van der Waals surface area contributed by atoms with E-state index in [1.807, 2.05) is 31.4 Å². The average molecular weight is 379 g/mol. The lowest BCUT2D eigenvalue weighted by Gasteiger charge is -2.24. The van der Waals surface area contributed by atoms with Crippen LogP contribution in [0.5, 0.6) is 0 Å². The van der Waals surface area contributed by atoms with Gasteiger partial charge < -0.3 is 5.11 Å². The van der Waals surface area contributed by atoms with Crippen molar-refractivity contribution < 1.29 is 14.7 Å². The summed E-state index contributed by atoms with van der Waals surface area (Å²) in [6, 6.07) is 5.88. The van der Waals surface area contributed by atoms with Crippen molar-refractivity contribution in [2.45, 2.75) is 25.7 Å². The van der Waals surface area contributed by atoms with Crippen LogP contribution in [0.4, 0.5) is 5.95 Å². The number of carboxylic acid groups (broad SMARTS) is 1. The maximum absolute atomic E-state index is 12.5. The van der Waals surface area contributed by atoms with E-state index < -0.39 is 5.97 Å². The van der Waals surface area contributed by atoms with E-state index in [2.05, 4.69) is 20.4 Å². The Kier molecular flexibility index (Phi) is 4.77. The third-order valence-electron chi connectivity index (χ3n) is 5.30. The lowest BCUT2D eigenvalue weighted by molar-refractivity contribution is -0.143. The number of rotatable bonds is 4. The van der Waals surface area contributed by atoms with Crippen LogP contribution < -0.4 is 5.32 Å². The van der Waals surface area contributed by atoms with Gasteiger partial charge in [-0.1, -0.05) is 12.1 Å². The summed E-state index contributed by atoms with van der Waals surface area (Å²) in [4.78, 5) is 32.3. The molecular formula is C20H21N5O3. The molecule has 0 bridgehead atoms. The van der Waals surface area contributed by atoms with Gasteiger partial charge in [-0.2, -0.15) is 5.10 Å². The summed E-state index contributed by atoms with van der Waals surface area (Å²) >= 11 is 0. The maximum Gasteiger partial charge on any atom is 0.306 e. The summed E-state index contributed by atoms with van der Waals surface area (Å²) in [5.41, 5.74) is 2.72. The van der Waals surface area contributed by atoms with E-state index in [0.717, 1.165) is 22.0 Å². The molecule has 0 unspecified atom stereocenters. The van der Waals surface area contributed by atoms with Gasteiger partial charge in [0.2, 0.25) is 11.9 Å². The van der Waals surface area contributed by atoms with Crippen LogP contribution in [-0.4, -0.2) is 36.7 Å². The van der Waals surface area contributed by atoms with Gasteiger partial charge >= 0.3 is 5.97 Å². The largest absolute Gasteiger partial charge is 0.481 e. The molecule has 2 N–H and O–H groups in total. The number of nitrogens with zero attached hydrogens (tertiary/aromatic N) is 4. The molecule has 0 saturated heterocycles. The second kappa shape index (κ2) is 7.38. The van der Waals surface area contributed by atoms with E-state index in [0.29, 0.717) is 25.7 Å². The molecule has 0 aliphatic heterocycles. The van der Waals surface area contributed by atoms with Crippen LogP contribution in [0.2, 0.25) is 0 Å². The van der Waals surface area contributed by atoms with Crippen LogP contribution in [0, 0.1) is 11.8 Å². The molecule has 28 heavy (non-hydrogen) atoms. The first-order valence-corrected chi connectivity index (χ1v) is 9.29. The Morgan fingerprint density at radius 2 is 1.86 bits per heavy atom. The van der Waals surface area contributed by atoms with Gasteiger partial charge in [0.05, 0.1) is 17.6 Å². The second-order valence-electron chi connectivity index (χ2n) is 7.25. The zero-order valence-corrected chi connectivity index (χ0v) is 15.5. The molecule has 8 nitrogen and oxygen atoms in total. The number of carboxylic acids is 1. The average Bonchev–Trinajstić information content (AvgIpc) is 3.14. The van der Waals surface area contributed by atoms with Crippen molar-refractivity contribution in [2.24, 2.45) is 18.9 Å². The predicted octanol–water partition coefficient (Wildman–Crippen LogP) is 2.86. The first kappa shape index (κ1) is 18.1. The van der Waals surface area contributed by atoms with Crippen LogP contribution in [0.3, 0.4) is 0 Å². The van der Waals surface area contributed by atoms with Gasteiger partial charge in [0.15, 0.2) is 0 Å². The molecule has 1 aliphatic rings. The highest BCUT2D eigenvalue weighted by Crippen LogP contribution is 2.30. The smallest absolute Gasteiger partial charge is 0.306 e. The van der Waals surface area contributed by atoms with Crippen LogP contribution in [0.1, 0.15) is 25.7 Å². The number of carbonyl (C=O) groups is 2. The molecule has 0 radical (unpaired) electrons. The van der Waals surface area contributed by atoms with Gasteiger partial charge in [-0.05, 0) is 37.3 Å². The number of aromatic nitrogens is 4. The molecule has 144 valence electrons. The zero-order valence-electron chi connectivity index (χ0n) is 15.5. The zero-order chi connectivity index (χ0) is 19.7. The molecule has 2 heterocycles. The fourth-order valence-electron chi connectivity index (χ4n) is 3.65. The van der Waals surface area contributed by atoms with Crippen molar-refractivity contribution >= 4 is 28.7 Å². The third-order valence-corrected chi connectivity index (χ3v) is 5.30. The number of aryl methyl sites for hydroxylation is 1. The monoisotopic (exact) mass is 379 g/mol. The normalized spacial score (nSPS) is 19.5. The summed E-state index contributed by atoms with van der Waals surface area (Å²) in [7, 11) is 1.87. The van der Waals surface area contributed by atoms with E-state index in [4.69, 9.17) is 5.11 Å². The minimum Gasteiger partial charge on any atom is -0.481 e. The Labute approximate surface area is 161 Å². The van der Waals surface area contributed by atoms with E-state index in [-0.39, 0.29) is 23.7 Å². The molecule has 1 aromatic carbocycles. The first-order valence-electron chi connectivity index (χ1n) is 9.29. The number of hydrogen-bond acceptors (Lipinski definition) is 5. The van der Waals surface area contributed by atoms with Crippen molar-refractivity contribution in [3.05, 3.63) is 36.8 Å². The Morgan fingerprint density at radius 1 is 1.11 bits per heavy atom. The van der Waals surface area contributed by atoms with Crippen LogP contribution in [-0.2, 0) is 16.6 Å². The third kappa shape index (κ3) is 3.71. The summed E-state index contributed by atoms with van der Waals surface area (Å²) < 4.78 is 1.74. The highest BCUT2D eigenvalue weighted by molar-refractivity contribution is 5.92. The van der Waals surface area contributed by atoms with Crippen LogP contribution in [0.25, 0.3) is 22.0 Å². The second-order valence-corrected chi connectivity index (χ2v) is 7.25. The topological polar surface area (TPSA) is 110 Å². The highest BCUT2D eigenvalue weighted by Gasteiger charge is 2.30. The molecule has 2 aromatic heterocycles. The van der Waals surface area contributed by atoms with Crippen molar-refractivity contribution in [1.82, 2.24) is 19.7 Å². The Bertz CT molecular complexity index is 1040. The number of hydrogen-bond donors (Lipinski definition) is 2. The summed E-state index contributed by atoms with van der Waals surface area (Å²) in [5.74, 6) is -1.20. The fraction of sp³-hybridized carbons (Fsp3) is 0.350. The molecule has 8 heteroatoms. The molecule has 1 amide bonds. The number of amides is 1. The Hall–Kier alpha value is -3.29. The van der Waals surface area contributed by atoms with Crippen LogP contribution >= 0.6 is 0 Å². The number of nitrogens with one attached hydrogen (secondary N) is 1. The Morgan fingerprint density at radius 3 is 2.54 bits per heavy atom. The first-order chi connectivity index (χ1) is 13.5. The molecule has 1 aliphatic carbocycles. The molecule has 1 saturated carbocycles. The summed E-state index contributed by atoms with van der Waals surface area (Å²) in [6.45, 7) is 0. The lowest BCUT2D eigenvalue weighted by Crippen LogP contribution is -2.30. The summed E-state index contributed by atoms with van der Waals surface area (Å²) in [6.07, 6.45) is 7.60. The van der Waals surface area contributed by atoms with Gasteiger partial charge in [0.1, 0.15) is 0 Å². The van der Waals surface area contributed by atoms with Gasteiger partial charge in [0, 0.05) is 36.3 Å². The molecule has 0 atom stereocenters. The van der Waals surface area contributed by atoms with Gasteiger partial charge in [-0.15, -0.1) is 0 Å². The molecule has 3 aromatic rings. The highest BCUT2D eigenvalue weighted by atomic mass is 16.4. The molecule has 0 spiro atoms. The van der Waals surface area contributed by atoms with E-state index in [1.54, 1.807) is 17.1 Å². The number of benzene rings is 1. The van der Waals surface area contributed by atoms with Gasteiger partial charge in [-0.25, -0.2) is 9.97 Å². The van der Waals surface area contributed by atoms with E-state index >= 15 is 0 Å². The fourth-order valence-corrected chi connectivity index (χ4v) is 3.65. The molecule has 1 fully saturated rings. The Balaban J connectivity index is 1.49. The quantitative estimate of drug-likeness (QED) is 0.721. The number of anilines is 1. The molecule has 4 rings (SSSR count). The SMILES string of the molecule is Cn1cc(-c2ccc3cnc(NC(=O)[C@H]4CC[C@H](C(=O)O)CC4)nc3c2)cn1. The van der Waals surface area contributed by atoms with Crippen molar-refractivity contribution in [2.75, 3.05) is 5.32 Å². The number of fused-ring (bicyclic) bond motifs is 1. The van der Waals surface area contributed by atoms with Crippen molar-refractivity contribution in [1.29, 1.82) is 0 Å². The van der Waals surface area contributed by atoms with E-state index in [1.165, 1.54) is 0 Å². The molecular weight excluding hydrogens is 358 g/mol. The maximum atomic E-state index is 12.5. The number of aliphatic carboxylic acids is 1. The minimum absolute atomic E-state index is 0.147. The van der Waals surface area contributed by atoms with Crippen molar-refractivity contribution in [3.8, 4) is 11.1 Å². The van der Waals surface area contributed by atoms with Crippen LogP contribution in [0.15, 0.2) is 36.8 Å². The summed E-state index contributed by atoms with van der Waals surface area (Å²) in [5, 5.41) is 16.9. The minimum atomic E-state index is -0.777. The standard InChI is InChI=1S/C20H21N5O3/c1-25-11-16(10-22-25)14-6-7-15-9-21-20(23-17(15)8-14)24-18(26)12-2-4-13(5-3-12)19(27)28/h6-13H,2-5H2,1H3,(H,27,28)(H,21,23,24,26)/t12-,13-. The van der Waals surface area contributed by atoms with Crippen molar-refractivity contribution in [3.63, 3.8) is 0 Å². The lowest BCUT2D eigenvalue weighted by atomic mass is 9.81. The van der Waals surface area contributed by atoms with Gasteiger partial charge in [0.25, 0.3) is 0 Å².